The van der Waals surface area contributed by atoms with Crippen molar-refractivity contribution in [3.8, 4) is 0 Å². The fourth-order valence-electron chi connectivity index (χ4n) is 1.88. The maximum Gasteiger partial charge on any atom is 0.225 e. The Labute approximate surface area is 93.5 Å². The molecule has 0 unspecified atom stereocenters. The van der Waals surface area contributed by atoms with Gasteiger partial charge in [-0.3, -0.25) is 4.98 Å². The van der Waals surface area contributed by atoms with Gasteiger partial charge in [-0.15, -0.1) is 0 Å². The Kier molecular flexibility index (Phi) is 2.38. The number of nitrogens with zero attached hydrogens (tertiary/aromatic N) is 4. The summed E-state index contributed by atoms with van der Waals surface area (Å²) in [5.41, 5.74) is 0.957. The number of pyridine rings is 1. The number of hydrogen-bond acceptors (Lipinski definition) is 5. The topological polar surface area (TPSA) is 53.9 Å². The summed E-state index contributed by atoms with van der Waals surface area (Å²) >= 11 is 0. The molecular weight excluding hydrogens is 202 g/mol. The molecule has 82 valence electrons. The first kappa shape index (κ1) is 9.47. The zero-order valence-corrected chi connectivity index (χ0v) is 8.93. The Bertz CT molecular complexity index is 492. The summed E-state index contributed by atoms with van der Waals surface area (Å²) < 4.78 is 0. The van der Waals surface area contributed by atoms with Crippen LogP contribution in [-0.4, -0.2) is 41.1 Å². The third-order valence-corrected chi connectivity index (χ3v) is 2.77. The lowest BCUT2D eigenvalue weighted by Crippen LogP contribution is -2.44. The van der Waals surface area contributed by atoms with Gasteiger partial charge in [0.25, 0.3) is 0 Å². The van der Waals surface area contributed by atoms with Crippen LogP contribution in [0.15, 0.2) is 24.7 Å². The van der Waals surface area contributed by atoms with Gasteiger partial charge in [-0.25, -0.2) is 9.97 Å². The summed E-state index contributed by atoms with van der Waals surface area (Å²) in [6, 6.07) is 1.92. The molecule has 5 nitrogen and oxygen atoms in total. The average Bonchev–Trinajstić information content (AvgIpc) is 2.39. The van der Waals surface area contributed by atoms with Gasteiger partial charge in [-0.2, -0.15) is 0 Å². The second kappa shape index (κ2) is 4.02. The molecule has 0 aliphatic carbocycles. The van der Waals surface area contributed by atoms with Crippen LogP contribution in [0, 0.1) is 0 Å². The van der Waals surface area contributed by atoms with Gasteiger partial charge in [0.1, 0.15) is 0 Å². The Morgan fingerprint density at radius 1 is 1.19 bits per heavy atom. The van der Waals surface area contributed by atoms with E-state index in [0.717, 1.165) is 43.0 Å². The Morgan fingerprint density at radius 2 is 2.06 bits per heavy atom. The van der Waals surface area contributed by atoms with E-state index in [1.54, 1.807) is 12.4 Å². The van der Waals surface area contributed by atoms with Crippen LogP contribution in [0.2, 0.25) is 0 Å². The number of anilines is 1. The van der Waals surface area contributed by atoms with Crippen LogP contribution in [-0.2, 0) is 0 Å². The number of piperazine rings is 1. The molecule has 16 heavy (non-hydrogen) atoms. The third-order valence-electron chi connectivity index (χ3n) is 2.77. The lowest BCUT2D eigenvalue weighted by Gasteiger charge is -2.27. The molecule has 0 amide bonds. The summed E-state index contributed by atoms with van der Waals surface area (Å²) in [5.74, 6) is 0.820. The maximum atomic E-state index is 4.55. The Balaban J connectivity index is 1.97. The van der Waals surface area contributed by atoms with Crippen LogP contribution in [0.1, 0.15) is 0 Å². The highest BCUT2D eigenvalue weighted by molar-refractivity contribution is 5.77. The molecule has 1 N–H and O–H groups in total. The van der Waals surface area contributed by atoms with Crippen molar-refractivity contribution in [3.05, 3.63) is 24.7 Å². The minimum absolute atomic E-state index is 0.820. The van der Waals surface area contributed by atoms with E-state index in [1.807, 2.05) is 12.3 Å². The molecule has 0 spiro atoms. The monoisotopic (exact) mass is 215 g/mol. The van der Waals surface area contributed by atoms with Gasteiger partial charge < -0.3 is 10.2 Å². The molecule has 0 saturated carbocycles. The highest BCUT2D eigenvalue weighted by atomic mass is 15.3. The molecule has 0 bridgehead atoms. The molecule has 0 radical (unpaired) electrons. The van der Waals surface area contributed by atoms with Gasteiger partial charge in [0, 0.05) is 50.2 Å². The first-order valence-electron chi connectivity index (χ1n) is 5.46. The molecule has 2 aromatic rings. The predicted octanol–water partition coefficient (Wildman–Crippen LogP) is 0.434. The van der Waals surface area contributed by atoms with Gasteiger partial charge in [0.15, 0.2) is 0 Å². The lowest BCUT2D eigenvalue weighted by molar-refractivity contribution is 0.580. The predicted molar refractivity (Wildman–Crippen MR) is 62.4 cm³/mol. The Hall–Kier alpha value is -1.75. The highest BCUT2D eigenvalue weighted by Crippen LogP contribution is 2.13. The van der Waals surface area contributed by atoms with Crippen molar-refractivity contribution >= 4 is 16.9 Å². The molecule has 1 saturated heterocycles. The first-order valence-corrected chi connectivity index (χ1v) is 5.46. The molecular formula is C11H13N5. The van der Waals surface area contributed by atoms with Gasteiger partial charge >= 0.3 is 0 Å². The summed E-state index contributed by atoms with van der Waals surface area (Å²) in [6.07, 6.45) is 5.39. The standard InChI is InChI=1S/C11H13N5/c1-2-13-7-9-8-14-11(15-10(1)9)16-5-3-12-4-6-16/h1-2,7-8,12H,3-6H2. The van der Waals surface area contributed by atoms with E-state index in [2.05, 4.69) is 25.2 Å². The third kappa shape index (κ3) is 1.69. The quantitative estimate of drug-likeness (QED) is 0.748. The molecule has 3 rings (SSSR count). The molecule has 3 heterocycles. The second-order valence-corrected chi connectivity index (χ2v) is 3.84. The van der Waals surface area contributed by atoms with Crippen molar-refractivity contribution in [2.75, 3.05) is 31.1 Å². The van der Waals surface area contributed by atoms with E-state index in [9.17, 15) is 0 Å². The summed E-state index contributed by atoms with van der Waals surface area (Å²) in [6.45, 7) is 3.93. The van der Waals surface area contributed by atoms with Crippen molar-refractivity contribution in [1.29, 1.82) is 0 Å². The van der Waals surface area contributed by atoms with Crippen LogP contribution in [0.3, 0.4) is 0 Å². The van der Waals surface area contributed by atoms with Crippen molar-refractivity contribution in [1.82, 2.24) is 20.3 Å². The summed E-state index contributed by atoms with van der Waals surface area (Å²) in [5, 5.41) is 4.30. The number of nitrogens with one attached hydrogen (secondary N) is 1. The van der Waals surface area contributed by atoms with Crippen LogP contribution >= 0.6 is 0 Å². The molecule has 0 atom stereocenters. The fraction of sp³-hybridized carbons (Fsp3) is 0.364. The average molecular weight is 215 g/mol. The van der Waals surface area contributed by atoms with Crippen LogP contribution < -0.4 is 10.2 Å². The van der Waals surface area contributed by atoms with E-state index in [4.69, 9.17) is 0 Å². The Morgan fingerprint density at radius 3 is 2.94 bits per heavy atom. The highest BCUT2D eigenvalue weighted by Gasteiger charge is 2.12. The lowest BCUT2D eigenvalue weighted by atomic mass is 10.3. The second-order valence-electron chi connectivity index (χ2n) is 3.84. The summed E-state index contributed by atoms with van der Waals surface area (Å²) in [4.78, 5) is 15.2. The van der Waals surface area contributed by atoms with Gasteiger partial charge in [-0.05, 0) is 6.07 Å². The van der Waals surface area contributed by atoms with Crippen LogP contribution in [0.5, 0.6) is 0 Å². The van der Waals surface area contributed by atoms with E-state index >= 15 is 0 Å². The molecule has 1 fully saturated rings. The molecule has 1 aliphatic rings. The van der Waals surface area contributed by atoms with E-state index < -0.39 is 0 Å². The first-order chi connectivity index (χ1) is 7.93. The number of rotatable bonds is 1. The SMILES string of the molecule is c1cc2nc(N3CCNCC3)ncc2cn1. The van der Waals surface area contributed by atoms with Crippen LogP contribution in [0.4, 0.5) is 5.95 Å². The smallest absolute Gasteiger partial charge is 0.225 e. The summed E-state index contributed by atoms with van der Waals surface area (Å²) in [7, 11) is 0. The van der Waals surface area contributed by atoms with E-state index in [0.29, 0.717) is 0 Å². The molecule has 0 aromatic carbocycles. The van der Waals surface area contributed by atoms with Gasteiger partial charge in [0.05, 0.1) is 5.52 Å². The minimum Gasteiger partial charge on any atom is -0.338 e. The number of fused-ring (bicyclic) bond motifs is 1. The number of hydrogen-bond donors (Lipinski definition) is 1. The normalized spacial score (nSPS) is 16.6. The molecule has 5 heteroatoms. The largest absolute Gasteiger partial charge is 0.338 e. The zero-order chi connectivity index (χ0) is 10.8. The van der Waals surface area contributed by atoms with Crippen molar-refractivity contribution in [3.63, 3.8) is 0 Å². The molecule has 1 aliphatic heterocycles. The van der Waals surface area contributed by atoms with E-state index in [-0.39, 0.29) is 0 Å². The fourth-order valence-corrected chi connectivity index (χ4v) is 1.88. The minimum atomic E-state index is 0.820. The van der Waals surface area contributed by atoms with Gasteiger partial charge in [0.2, 0.25) is 5.95 Å². The van der Waals surface area contributed by atoms with Crippen molar-refractivity contribution in [2.24, 2.45) is 0 Å². The zero-order valence-electron chi connectivity index (χ0n) is 8.93. The van der Waals surface area contributed by atoms with E-state index in [1.165, 1.54) is 0 Å². The van der Waals surface area contributed by atoms with Crippen LogP contribution in [0.25, 0.3) is 10.9 Å². The van der Waals surface area contributed by atoms with Gasteiger partial charge in [-0.1, -0.05) is 0 Å². The maximum absolute atomic E-state index is 4.55. The molecule has 2 aromatic heterocycles. The number of aromatic nitrogens is 3. The van der Waals surface area contributed by atoms with Crippen molar-refractivity contribution in [2.45, 2.75) is 0 Å². The van der Waals surface area contributed by atoms with Crippen molar-refractivity contribution < 1.29 is 0 Å².